The zero-order valence-electron chi connectivity index (χ0n) is 12.1. The molecular weight excluding hydrogens is 308 g/mol. The summed E-state index contributed by atoms with van der Waals surface area (Å²) in [6.07, 6.45) is 3.93. The Morgan fingerprint density at radius 3 is 2.42 bits per heavy atom. The highest BCUT2D eigenvalue weighted by atomic mass is 79.9. The first-order chi connectivity index (χ1) is 8.75. The van der Waals surface area contributed by atoms with Gasteiger partial charge >= 0.3 is 0 Å². The van der Waals surface area contributed by atoms with E-state index in [1.807, 2.05) is 0 Å². The van der Waals surface area contributed by atoms with Crippen LogP contribution in [0.5, 0.6) is 0 Å². The Labute approximate surface area is 123 Å². The number of halogens is 1. The lowest BCUT2D eigenvalue weighted by molar-refractivity contribution is -0.259. The quantitative estimate of drug-likeness (QED) is 0.639. The fourth-order valence-corrected chi connectivity index (χ4v) is 5.23. The van der Waals surface area contributed by atoms with Gasteiger partial charge in [0.05, 0.1) is 35.1 Å². The first-order valence-electron chi connectivity index (χ1n) is 7.42. The molecule has 0 amide bonds. The van der Waals surface area contributed by atoms with E-state index in [0.717, 1.165) is 19.3 Å². The van der Waals surface area contributed by atoms with E-state index in [1.54, 1.807) is 0 Å². The van der Waals surface area contributed by atoms with Crippen molar-refractivity contribution in [1.82, 2.24) is 0 Å². The minimum absolute atomic E-state index is 0.0961. The van der Waals surface area contributed by atoms with E-state index < -0.39 is 0 Å². The molecule has 19 heavy (non-hydrogen) atoms. The van der Waals surface area contributed by atoms with Gasteiger partial charge in [-0.15, -0.1) is 0 Å². The van der Waals surface area contributed by atoms with Crippen molar-refractivity contribution in [3.05, 3.63) is 0 Å². The molecule has 0 spiro atoms. The summed E-state index contributed by atoms with van der Waals surface area (Å²) in [5.41, 5.74) is -0.453. The highest BCUT2D eigenvalue weighted by Crippen LogP contribution is 2.59. The number of ether oxygens (including phenoxy) is 3. The SMILES string of the molecule is CC1(C)O[C@@]2(C)C(C[C@H]1Br)O[C@@]1(C)CC3OC1C[C@@H]32. The Bertz CT molecular complexity index is 426. The van der Waals surface area contributed by atoms with Crippen LogP contribution in [0.1, 0.15) is 47.0 Å². The molecule has 0 aromatic heterocycles. The standard InChI is InChI=1S/C15H23BrO3/c1-13(2)10(16)6-12-15(4,19-13)8-5-11-14(3,18-12)7-9(8)17-11/h8-12H,5-7H2,1-4H3/t8-,9?,10+,11?,12?,14-,15+/m0/s1. The van der Waals surface area contributed by atoms with Crippen LogP contribution in [0.4, 0.5) is 0 Å². The van der Waals surface area contributed by atoms with Gasteiger partial charge in [0.25, 0.3) is 0 Å². The number of alkyl halides is 1. The summed E-state index contributed by atoms with van der Waals surface area (Å²) in [5.74, 6) is 0.484. The predicted molar refractivity (Wildman–Crippen MR) is 75.6 cm³/mol. The van der Waals surface area contributed by atoms with Crippen LogP contribution < -0.4 is 0 Å². The lowest BCUT2D eigenvalue weighted by atomic mass is 9.71. The van der Waals surface area contributed by atoms with Crippen LogP contribution in [0.15, 0.2) is 0 Å². The van der Waals surface area contributed by atoms with Gasteiger partial charge in [0.1, 0.15) is 0 Å². The van der Waals surface area contributed by atoms with Gasteiger partial charge in [0.15, 0.2) is 0 Å². The highest BCUT2D eigenvalue weighted by molar-refractivity contribution is 9.09. The molecule has 0 aromatic rings. The normalized spacial score (nSPS) is 62.1. The molecule has 108 valence electrons. The van der Waals surface area contributed by atoms with E-state index >= 15 is 0 Å². The molecule has 5 saturated heterocycles. The zero-order chi connectivity index (χ0) is 13.6. The van der Waals surface area contributed by atoms with Gasteiger partial charge in [-0.1, -0.05) is 15.9 Å². The highest BCUT2D eigenvalue weighted by Gasteiger charge is 2.68. The second-order valence-corrected chi connectivity index (χ2v) is 8.83. The van der Waals surface area contributed by atoms with Crippen molar-refractivity contribution in [3.8, 4) is 0 Å². The van der Waals surface area contributed by atoms with Crippen LogP contribution in [0.25, 0.3) is 0 Å². The second-order valence-electron chi connectivity index (χ2n) is 7.72. The first kappa shape index (κ1) is 13.1. The Hall–Kier alpha value is 0.360. The van der Waals surface area contributed by atoms with Gasteiger partial charge in [-0.3, -0.25) is 0 Å². The molecule has 5 aliphatic rings. The molecule has 0 saturated carbocycles. The summed E-state index contributed by atoms with van der Waals surface area (Å²) in [6, 6.07) is 0. The molecule has 0 aliphatic carbocycles. The van der Waals surface area contributed by atoms with Crippen molar-refractivity contribution >= 4 is 15.9 Å². The number of rotatable bonds is 0. The second kappa shape index (κ2) is 3.57. The van der Waals surface area contributed by atoms with E-state index in [2.05, 4.69) is 43.6 Å². The molecule has 3 nitrogen and oxygen atoms in total. The number of hydrogen-bond donors (Lipinski definition) is 0. The van der Waals surface area contributed by atoms with Gasteiger partial charge in [-0.25, -0.2) is 0 Å². The van der Waals surface area contributed by atoms with Crippen molar-refractivity contribution in [2.45, 2.75) is 86.9 Å². The van der Waals surface area contributed by atoms with Crippen LogP contribution in [0, 0.1) is 5.92 Å². The molecular formula is C15H23BrO3. The molecule has 5 aliphatic heterocycles. The van der Waals surface area contributed by atoms with Crippen molar-refractivity contribution in [1.29, 1.82) is 0 Å². The van der Waals surface area contributed by atoms with Crippen LogP contribution in [0.3, 0.4) is 0 Å². The van der Waals surface area contributed by atoms with E-state index in [9.17, 15) is 0 Å². The van der Waals surface area contributed by atoms with Crippen molar-refractivity contribution in [2.24, 2.45) is 5.92 Å². The third-order valence-electron chi connectivity index (χ3n) is 5.99. The topological polar surface area (TPSA) is 27.7 Å². The Kier molecular flexibility index (Phi) is 2.45. The van der Waals surface area contributed by atoms with Gasteiger partial charge in [-0.05, 0) is 40.5 Å². The summed E-state index contributed by atoms with van der Waals surface area (Å²) in [5, 5.41) is 0. The first-order valence-corrected chi connectivity index (χ1v) is 8.34. The Morgan fingerprint density at radius 1 is 1.05 bits per heavy atom. The zero-order valence-corrected chi connectivity index (χ0v) is 13.7. The Balaban J connectivity index is 1.76. The fourth-order valence-electron chi connectivity index (χ4n) is 4.79. The van der Waals surface area contributed by atoms with E-state index in [4.69, 9.17) is 14.2 Å². The van der Waals surface area contributed by atoms with E-state index in [1.165, 1.54) is 0 Å². The van der Waals surface area contributed by atoms with E-state index in [-0.39, 0.29) is 29.0 Å². The lowest BCUT2D eigenvalue weighted by Gasteiger charge is -2.52. The molecule has 0 aromatic carbocycles. The van der Waals surface area contributed by atoms with Gasteiger partial charge < -0.3 is 14.2 Å². The summed E-state index contributed by atoms with van der Waals surface area (Å²) in [7, 11) is 0. The van der Waals surface area contributed by atoms with Crippen LogP contribution in [0.2, 0.25) is 0 Å². The van der Waals surface area contributed by atoms with E-state index in [0.29, 0.717) is 16.8 Å². The monoisotopic (exact) mass is 330 g/mol. The van der Waals surface area contributed by atoms with Crippen LogP contribution in [-0.4, -0.2) is 39.9 Å². The molecule has 5 rings (SSSR count). The maximum atomic E-state index is 6.58. The third-order valence-corrected chi connectivity index (χ3v) is 7.47. The summed E-state index contributed by atoms with van der Waals surface area (Å²) in [4.78, 5) is 0.344. The average Bonchev–Trinajstić information content (AvgIpc) is 2.78. The minimum atomic E-state index is -0.207. The molecule has 0 N–H and O–H groups in total. The van der Waals surface area contributed by atoms with Crippen LogP contribution >= 0.6 is 15.9 Å². The van der Waals surface area contributed by atoms with Crippen molar-refractivity contribution in [2.75, 3.05) is 0 Å². The smallest absolute Gasteiger partial charge is 0.0977 e. The van der Waals surface area contributed by atoms with Gasteiger partial charge in [-0.2, -0.15) is 0 Å². The minimum Gasteiger partial charge on any atom is -0.371 e. The summed E-state index contributed by atoms with van der Waals surface area (Å²) < 4.78 is 19.2. The van der Waals surface area contributed by atoms with Crippen molar-refractivity contribution in [3.63, 3.8) is 0 Å². The Morgan fingerprint density at radius 2 is 1.79 bits per heavy atom. The summed E-state index contributed by atoms with van der Waals surface area (Å²) >= 11 is 3.79. The number of hydrogen-bond acceptors (Lipinski definition) is 3. The van der Waals surface area contributed by atoms with Crippen molar-refractivity contribution < 1.29 is 14.2 Å². The largest absolute Gasteiger partial charge is 0.371 e. The predicted octanol–water partition coefficient (Wildman–Crippen LogP) is 3.04. The molecule has 0 radical (unpaired) electrons. The lowest BCUT2D eigenvalue weighted by Crippen LogP contribution is -2.61. The average molecular weight is 331 g/mol. The third kappa shape index (κ3) is 1.55. The fraction of sp³-hybridized carbons (Fsp3) is 1.00. The molecule has 3 unspecified atom stereocenters. The molecule has 4 bridgehead atoms. The van der Waals surface area contributed by atoms with Crippen LogP contribution in [-0.2, 0) is 14.2 Å². The molecule has 4 heteroatoms. The molecule has 5 fully saturated rings. The molecule has 7 atom stereocenters. The van der Waals surface area contributed by atoms with Gasteiger partial charge in [0, 0.05) is 17.2 Å². The molecule has 5 heterocycles. The van der Waals surface area contributed by atoms with Gasteiger partial charge in [0.2, 0.25) is 0 Å². The maximum Gasteiger partial charge on any atom is 0.0977 e. The summed E-state index contributed by atoms with van der Waals surface area (Å²) in [6.45, 7) is 8.83. The maximum absolute atomic E-state index is 6.58.